The smallest absolute Gasteiger partial charge is 0.255 e. The number of nitrogens with one attached hydrogen (secondary N) is 3. The van der Waals surface area contributed by atoms with Crippen molar-refractivity contribution < 1.29 is 57.0 Å². The van der Waals surface area contributed by atoms with Crippen molar-refractivity contribution in [2.75, 3.05) is 92.4 Å². The van der Waals surface area contributed by atoms with E-state index in [-0.39, 0.29) is 120 Å². The summed E-state index contributed by atoms with van der Waals surface area (Å²) in [6.45, 7) is 3.39. The molecule has 15 nitrogen and oxygen atoms in total. The van der Waals surface area contributed by atoms with Gasteiger partial charge in [-0.3, -0.25) is 19.2 Å². The zero-order chi connectivity index (χ0) is 43.6. The van der Waals surface area contributed by atoms with Crippen molar-refractivity contribution in [2.45, 2.75) is 76.4 Å². The van der Waals surface area contributed by atoms with Gasteiger partial charge in [0.05, 0.1) is 58.4 Å². The third kappa shape index (κ3) is 26.1. The Kier molecular flexibility index (Phi) is 29.7. The number of carbonyl (C=O) groups excluding carboxylic acids is 4. The number of amides is 3. The van der Waals surface area contributed by atoms with Crippen molar-refractivity contribution >= 4 is 41.8 Å². The highest BCUT2D eigenvalue weighted by atomic mass is 32.5. The summed E-state index contributed by atoms with van der Waals surface area (Å²) in [4.78, 5) is 66.8. The Labute approximate surface area is 355 Å². The van der Waals surface area contributed by atoms with Crippen LogP contribution in [0.4, 0.5) is 0 Å². The predicted molar refractivity (Wildman–Crippen MR) is 226 cm³/mol. The molecule has 17 heteroatoms. The number of Topliss-reactive ketones (excluding diaryl/α,β-unsaturated/α-hetero) is 1. The molecule has 1 rings (SSSR count). The summed E-state index contributed by atoms with van der Waals surface area (Å²) in [5.74, 6) is 5.77. The molecule has 0 fully saturated rings. The van der Waals surface area contributed by atoms with E-state index in [1.807, 2.05) is 0 Å². The first-order valence-corrected chi connectivity index (χ1v) is 22.3. The summed E-state index contributed by atoms with van der Waals surface area (Å²) in [6, 6.07) is 6.24. The van der Waals surface area contributed by atoms with Crippen LogP contribution in [0.1, 0.15) is 75.6 Å². The molecule has 3 amide bonds. The molecule has 0 bridgehead atoms. The van der Waals surface area contributed by atoms with Crippen LogP contribution < -0.4 is 25.4 Å². The van der Waals surface area contributed by atoms with Gasteiger partial charge in [-0.1, -0.05) is 55.5 Å². The normalized spacial score (nSPS) is 12.1. The lowest BCUT2D eigenvalue weighted by Crippen LogP contribution is -2.50. The Balaban J connectivity index is 3.22. The highest BCUT2D eigenvalue weighted by Crippen LogP contribution is 2.44. The van der Waals surface area contributed by atoms with Crippen LogP contribution in [0, 0.1) is 37.0 Å². The van der Waals surface area contributed by atoms with E-state index < -0.39 is 23.6 Å². The van der Waals surface area contributed by atoms with Gasteiger partial charge < -0.3 is 53.8 Å². The summed E-state index contributed by atoms with van der Waals surface area (Å²) in [5, 5.41) is 8.67. The van der Waals surface area contributed by atoms with Gasteiger partial charge in [0, 0.05) is 63.1 Å². The van der Waals surface area contributed by atoms with Gasteiger partial charge in [0.2, 0.25) is 11.8 Å². The molecule has 1 atom stereocenters. The minimum atomic E-state index is -3.57. The molecular formula is C42H61N3O12PS-. The average Bonchev–Trinajstić information content (AvgIpc) is 3.21. The molecule has 1 aromatic carbocycles. The maximum Gasteiger partial charge on any atom is 0.255 e. The number of para-hydroxylation sites is 1. The van der Waals surface area contributed by atoms with Crippen molar-refractivity contribution in [1.29, 1.82) is 0 Å². The Bertz CT molecular complexity index is 1460. The van der Waals surface area contributed by atoms with Crippen LogP contribution in [-0.2, 0) is 54.6 Å². The molecule has 0 saturated carbocycles. The molecule has 0 aliphatic rings. The van der Waals surface area contributed by atoms with Crippen molar-refractivity contribution in [2.24, 2.45) is 0 Å². The summed E-state index contributed by atoms with van der Waals surface area (Å²) in [5.41, 5.74) is -1.68. The first kappa shape index (κ1) is 53.2. The van der Waals surface area contributed by atoms with Gasteiger partial charge in [-0.2, -0.15) is 0 Å². The predicted octanol–water partition coefficient (Wildman–Crippen LogP) is 2.53. The number of hydrogen-bond acceptors (Lipinski definition) is 13. The molecule has 1 unspecified atom stereocenters. The van der Waals surface area contributed by atoms with E-state index in [0.29, 0.717) is 52.7 Å². The third-order valence-electron chi connectivity index (χ3n) is 8.47. The van der Waals surface area contributed by atoms with Crippen LogP contribution in [0.25, 0.3) is 0 Å². The number of benzene rings is 1. The number of ketones is 1. The SMILES string of the molecule is C#CCOCCOCCCC(=O)CCC(CCC(=O)NCCOCCOCC#C)(CCC(=O)NCCOCCOCC#C)NC(=O)c1ccccc1OP([O-])(=S)C(C)C. The molecule has 0 spiro atoms. The second-order valence-corrected chi connectivity index (χ2v) is 17.2. The Morgan fingerprint density at radius 3 is 1.64 bits per heavy atom. The van der Waals surface area contributed by atoms with E-state index in [1.54, 1.807) is 26.0 Å². The van der Waals surface area contributed by atoms with Crippen molar-refractivity contribution in [3.8, 4) is 42.8 Å². The molecule has 0 heterocycles. The lowest BCUT2D eigenvalue weighted by Gasteiger charge is -2.36. The highest BCUT2D eigenvalue weighted by molar-refractivity contribution is 8.09. The van der Waals surface area contributed by atoms with Crippen LogP contribution in [0.15, 0.2) is 24.3 Å². The number of ether oxygens (including phenoxy) is 6. The van der Waals surface area contributed by atoms with Crippen LogP contribution >= 0.6 is 6.49 Å². The van der Waals surface area contributed by atoms with E-state index in [1.165, 1.54) is 12.1 Å². The first-order chi connectivity index (χ1) is 28.4. The maximum absolute atomic E-state index is 14.2. The minimum absolute atomic E-state index is 0.0246. The second-order valence-electron chi connectivity index (χ2n) is 13.4. The number of terminal acetylenes is 3. The number of carbonyl (C=O) groups is 4. The molecular weight excluding hydrogens is 802 g/mol. The molecule has 0 aromatic heterocycles. The van der Waals surface area contributed by atoms with E-state index in [2.05, 4.69) is 33.7 Å². The van der Waals surface area contributed by atoms with E-state index in [9.17, 15) is 24.1 Å². The fraction of sp³-hybridized carbons (Fsp3) is 0.619. The molecule has 1 aromatic rings. The topological polar surface area (TPSA) is 192 Å². The van der Waals surface area contributed by atoms with Gasteiger partial charge >= 0.3 is 0 Å². The van der Waals surface area contributed by atoms with Crippen LogP contribution in [0.2, 0.25) is 0 Å². The van der Waals surface area contributed by atoms with Crippen molar-refractivity contribution in [3.05, 3.63) is 29.8 Å². The molecule has 328 valence electrons. The number of rotatable bonds is 36. The van der Waals surface area contributed by atoms with E-state index in [0.717, 1.165) is 0 Å². The second kappa shape index (κ2) is 32.9. The lowest BCUT2D eigenvalue weighted by atomic mass is 9.82. The van der Waals surface area contributed by atoms with Gasteiger partial charge in [0.1, 0.15) is 31.4 Å². The van der Waals surface area contributed by atoms with Gasteiger partial charge in [-0.05, 0) is 37.8 Å². The summed E-state index contributed by atoms with van der Waals surface area (Å²) in [6.07, 6.45) is 16.3. The van der Waals surface area contributed by atoms with Crippen LogP contribution in [0.5, 0.6) is 5.75 Å². The summed E-state index contributed by atoms with van der Waals surface area (Å²) < 4.78 is 37.8. The first-order valence-electron chi connectivity index (χ1n) is 19.6. The van der Waals surface area contributed by atoms with Gasteiger partial charge in [-0.25, -0.2) is 0 Å². The number of hydrogen-bond donors (Lipinski definition) is 3. The minimum Gasteiger partial charge on any atom is -0.791 e. The fourth-order valence-electron chi connectivity index (χ4n) is 5.18. The van der Waals surface area contributed by atoms with E-state index >= 15 is 0 Å². The zero-order valence-electron chi connectivity index (χ0n) is 34.4. The van der Waals surface area contributed by atoms with Gasteiger partial charge in [-0.15, -0.1) is 19.3 Å². The Morgan fingerprint density at radius 2 is 1.15 bits per heavy atom. The third-order valence-corrected chi connectivity index (χ3v) is 11.7. The van der Waals surface area contributed by atoms with Gasteiger partial charge in [0.25, 0.3) is 5.91 Å². The lowest BCUT2D eigenvalue weighted by molar-refractivity contribution is -0.177. The van der Waals surface area contributed by atoms with Gasteiger partial charge in [0.15, 0.2) is 0 Å². The fourth-order valence-corrected chi connectivity index (χ4v) is 6.07. The quantitative estimate of drug-likeness (QED) is 0.0508. The largest absolute Gasteiger partial charge is 0.791 e. The molecule has 0 radical (unpaired) electrons. The van der Waals surface area contributed by atoms with E-state index in [4.69, 9.17) is 64.0 Å². The Hall–Kier alpha value is -3.85. The molecule has 0 aliphatic heterocycles. The standard InChI is InChI=1S/C42H62N3O12PS/c1-6-23-51-29-32-54-26-11-12-36(46)15-18-42(19-16-39(47)43-21-27-55-33-30-52-24-7-2,20-17-40(48)44-22-28-56-34-31-53-25-8-3)45-41(49)37-13-9-10-14-38(37)57-58(50,59)35(4)5/h1-3,9-10,13-14,35H,11-12,15-34H2,4-5H3,(H,43,47)(H,44,48)(H,45,49)(H,50,59)/p-1. The van der Waals surface area contributed by atoms with Crippen LogP contribution in [-0.4, -0.2) is 127 Å². The molecule has 0 aliphatic carbocycles. The molecule has 3 N–H and O–H groups in total. The van der Waals surface area contributed by atoms with Crippen LogP contribution in [0.3, 0.4) is 0 Å². The zero-order valence-corrected chi connectivity index (χ0v) is 36.1. The summed E-state index contributed by atoms with van der Waals surface area (Å²) >= 11 is 5.25. The average molecular weight is 863 g/mol. The maximum atomic E-state index is 14.2. The summed E-state index contributed by atoms with van der Waals surface area (Å²) in [7, 11) is 0. The Morgan fingerprint density at radius 1 is 0.695 bits per heavy atom. The van der Waals surface area contributed by atoms with Crippen molar-refractivity contribution in [3.63, 3.8) is 0 Å². The highest BCUT2D eigenvalue weighted by Gasteiger charge is 2.35. The monoisotopic (exact) mass is 862 g/mol. The molecule has 59 heavy (non-hydrogen) atoms. The van der Waals surface area contributed by atoms with Crippen molar-refractivity contribution in [1.82, 2.24) is 16.0 Å². The molecule has 0 saturated heterocycles.